The van der Waals surface area contributed by atoms with Gasteiger partial charge in [0, 0.05) is 67.3 Å². The van der Waals surface area contributed by atoms with Crippen molar-refractivity contribution in [3.8, 4) is 0 Å². The van der Waals surface area contributed by atoms with Crippen LogP contribution in [0.3, 0.4) is 0 Å². The van der Waals surface area contributed by atoms with Crippen molar-refractivity contribution in [3.05, 3.63) is 46.1 Å². The molecule has 2 amide bonds. The summed E-state index contributed by atoms with van der Waals surface area (Å²) in [6, 6.07) is 6.10. The van der Waals surface area contributed by atoms with Crippen LogP contribution in [0.4, 0.5) is 5.13 Å². The molecule has 0 spiro atoms. The van der Waals surface area contributed by atoms with Crippen LogP contribution in [0.1, 0.15) is 45.1 Å². The van der Waals surface area contributed by atoms with Crippen LogP contribution in [0.2, 0.25) is 0 Å². The van der Waals surface area contributed by atoms with Crippen molar-refractivity contribution in [1.29, 1.82) is 0 Å². The molecular weight excluding hydrogens is 488 g/mol. The minimum absolute atomic E-state index is 0.0293. The Balaban J connectivity index is 1.21. The number of aromatic nitrogens is 2. The topological polar surface area (TPSA) is 93.8 Å². The summed E-state index contributed by atoms with van der Waals surface area (Å²) in [5, 5.41) is 5.11. The van der Waals surface area contributed by atoms with Crippen LogP contribution in [-0.4, -0.2) is 96.1 Å². The molecule has 1 aromatic carbocycles. The molecule has 2 saturated heterocycles. The molecule has 3 aliphatic heterocycles. The van der Waals surface area contributed by atoms with Gasteiger partial charge in [0.2, 0.25) is 0 Å². The second-order valence-electron chi connectivity index (χ2n) is 11.1. The number of piperazine rings is 1. The van der Waals surface area contributed by atoms with Crippen LogP contribution in [0, 0.1) is 0 Å². The lowest BCUT2D eigenvalue weighted by Gasteiger charge is -2.35. The Morgan fingerprint density at radius 3 is 2.84 bits per heavy atom. The van der Waals surface area contributed by atoms with Gasteiger partial charge >= 0.3 is 0 Å². The first-order valence-corrected chi connectivity index (χ1v) is 13.8. The normalized spacial score (nSPS) is 22.2. The van der Waals surface area contributed by atoms with Crippen LogP contribution in [0.5, 0.6) is 0 Å². The van der Waals surface area contributed by atoms with Crippen molar-refractivity contribution in [1.82, 2.24) is 25.1 Å². The molecule has 10 heteroatoms. The number of likely N-dealkylation sites (N-methyl/N-ethyl adjacent to an activating group) is 1. The highest BCUT2D eigenvalue weighted by molar-refractivity contribution is 7.17. The number of nitrogens with zero attached hydrogens (tertiary/aromatic N) is 4. The van der Waals surface area contributed by atoms with Crippen molar-refractivity contribution in [3.63, 3.8) is 0 Å². The predicted octanol–water partition coefficient (Wildman–Crippen LogP) is 2.52. The molecule has 37 heavy (non-hydrogen) atoms. The highest BCUT2D eigenvalue weighted by atomic mass is 32.1. The van der Waals surface area contributed by atoms with Gasteiger partial charge in [-0.3, -0.25) is 9.59 Å². The fraction of sp³-hybridized carbons (Fsp3) is 0.519. The smallest absolute Gasteiger partial charge is 0.263 e. The maximum atomic E-state index is 13.1. The summed E-state index contributed by atoms with van der Waals surface area (Å²) < 4.78 is 5.87. The highest BCUT2D eigenvalue weighted by Gasteiger charge is 2.35. The third-order valence-corrected chi connectivity index (χ3v) is 8.82. The molecule has 2 aromatic heterocycles. The number of carbonyl (C=O) groups is 2. The first-order chi connectivity index (χ1) is 17.8. The number of nitrogens with one attached hydrogen (secondary N) is 2. The summed E-state index contributed by atoms with van der Waals surface area (Å²) in [5.74, 6) is 0.0660. The van der Waals surface area contributed by atoms with E-state index in [4.69, 9.17) is 9.72 Å². The number of amides is 2. The Hall–Kier alpha value is -2.95. The zero-order valence-corrected chi connectivity index (χ0v) is 22.5. The minimum atomic E-state index is -0.283. The second-order valence-corrected chi connectivity index (χ2v) is 12.1. The van der Waals surface area contributed by atoms with Crippen molar-refractivity contribution in [2.24, 2.45) is 0 Å². The van der Waals surface area contributed by atoms with E-state index >= 15 is 0 Å². The molecule has 196 valence electrons. The Morgan fingerprint density at radius 2 is 2.03 bits per heavy atom. The van der Waals surface area contributed by atoms with Gasteiger partial charge in [0.1, 0.15) is 4.88 Å². The number of benzene rings is 1. The quantitative estimate of drug-likeness (QED) is 0.547. The van der Waals surface area contributed by atoms with E-state index in [2.05, 4.69) is 33.2 Å². The Bertz CT molecular complexity index is 1340. The molecule has 6 rings (SSSR count). The van der Waals surface area contributed by atoms with Gasteiger partial charge in [-0.1, -0.05) is 17.4 Å². The molecule has 0 saturated carbocycles. The summed E-state index contributed by atoms with van der Waals surface area (Å²) in [6.07, 6.45) is 3.56. The van der Waals surface area contributed by atoms with Gasteiger partial charge < -0.3 is 29.7 Å². The maximum Gasteiger partial charge on any atom is 0.263 e. The van der Waals surface area contributed by atoms with E-state index in [0.717, 1.165) is 77.7 Å². The lowest BCUT2D eigenvalue weighted by Crippen LogP contribution is -2.48. The van der Waals surface area contributed by atoms with Gasteiger partial charge in [0.05, 0.1) is 24.9 Å². The minimum Gasteiger partial charge on any atom is -0.377 e. The van der Waals surface area contributed by atoms with E-state index in [9.17, 15) is 9.59 Å². The third kappa shape index (κ3) is 4.73. The number of ether oxygens (including phenoxy) is 1. The number of hydrogen-bond acceptors (Lipinski definition) is 7. The summed E-state index contributed by atoms with van der Waals surface area (Å²) in [4.78, 5) is 41.2. The fourth-order valence-electron chi connectivity index (χ4n) is 5.60. The van der Waals surface area contributed by atoms with Crippen LogP contribution < -0.4 is 10.2 Å². The molecule has 0 unspecified atom stereocenters. The standard InChI is InChI=1S/C27H34N6O3S/c1-27(2)14-22-23(24(34)30-27)37-26(29-22)33-10-11-36-16-19(33)12-18-15-28-21-13-17(4-5-20(18)21)25(35)32-8-6-31(3)7-9-32/h4-5,13,15,19,28H,6-12,14,16H2,1-3H3,(H,30,34)/t19-/m0/s1. The molecule has 0 aliphatic carbocycles. The molecule has 2 N–H and O–H groups in total. The van der Waals surface area contributed by atoms with Gasteiger partial charge in [-0.2, -0.15) is 0 Å². The number of thiazole rings is 1. The van der Waals surface area contributed by atoms with Gasteiger partial charge in [-0.05, 0) is 45.0 Å². The van der Waals surface area contributed by atoms with Crippen LogP contribution in [-0.2, 0) is 17.6 Å². The maximum absolute atomic E-state index is 13.1. The summed E-state index contributed by atoms with van der Waals surface area (Å²) >= 11 is 1.48. The monoisotopic (exact) mass is 522 g/mol. The summed E-state index contributed by atoms with van der Waals surface area (Å²) in [7, 11) is 2.09. The lowest BCUT2D eigenvalue weighted by molar-refractivity contribution is 0.0664. The fourth-order valence-corrected chi connectivity index (χ4v) is 6.67. The van der Waals surface area contributed by atoms with E-state index in [0.29, 0.717) is 13.2 Å². The third-order valence-electron chi connectivity index (χ3n) is 7.69. The van der Waals surface area contributed by atoms with Crippen LogP contribution >= 0.6 is 11.3 Å². The molecule has 0 bridgehead atoms. The average molecular weight is 523 g/mol. The average Bonchev–Trinajstić information content (AvgIpc) is 3.48. The van der Waals surface area contributed by atoms with E-state index in [1.807, 2.05) is 37.1 Å². The van der Waals surface area contributed by atoms with Crippen LogP contribution in [0.25, 0.3) is 10.9 Å². The highest BCUT2D eigenvalue weighted by Crippen LogP contribution is 2.34. The van der Waals surface area contributed by atoms with Gasteiger partial charge in [-0.25, -0.2) is 4.98 Å². The zero-order valence-electron chi connectivity index (χ0n) is 21.7. The number of anilines is 1. The number of morpholine rings is 1. The van der Waals surface area contributed by atoms with E-state index in [1.54, 1.807) is 0 Å². The molecule has 1 atom stereocenters. The molecule has 0 radical (unpaired) electrons. The zero-order chi connectivity index (χ0) is 25.7. The molecular formula is C27H34N6O3S. The number of fused-ring (bicyclic) bond motifs is 2. The molecule has 3 aromatic rings. The van der Waals surface area contributed by atoms with Crippen molar-refractivity contribution in [2.75, 3.05) is 57.9 Å². The lowest BCUT2D eigenvalue weighted by atomic mass is 9.94. The van der Waals surface area contributed by atoms with Gasteiger partial charge in [-0.15, -0.1) is 0 Å². The van der Waals surface area contributed by atoms with Crippen molar-refractivity contribution < 1.29 is 14.3 Å². The Kier molecular flexibility index (Phi) is 6.21. The molecule has 3 aliphatic rings. The summed E-state index contributed by atoms with van der Waals surface area (Å²) in [5.41, 5.74) is 3.50. The number of hydrogen-bond donors (Lipinski definition) is 2. The predicted molar refractivity (Wildman–Crippen MR) is 145 cm³/mol. The first-order valence-electron chi connectivity index (χ1n) is 13.0. The van der Waals surface area contributed by atoms with Crippen molar-refractivity contribution in [2.45, 2.75) is 38.3 Å². The van der Waals surface area contributed by atoms with E-state index in [1.165, 1.54) is 16.9 Å². The second kappa shape index (κ2) is 9.41. The Morgan fingerprint density at radius 1 is 1.22 bits per heavy atom. The number of rotatable bonds is 4. The SMILES string of the molecule is CN1CCN(C(=O)c2ccc3c(C[C@H]4COCCN4c4nc5c(s4)C(=O)NC(C)(C)C5)c[nH]c3c2)CC1. The molecule has 9 nitrogen and oxygen atoms in total. The van der Waals surface area contributed by atoms with Gasteiger partial charge in [0.25, 0.3) is 11.8 Å². The summed E-state index contributed by atoms with van der Waals surface area (Å²) in [6.45, 7) is 9.40. The van der Waals surface area contributed by atoms with Crippen molar-refractivity contribution >= 4 is 39.2 Å². The number of H-pyrrole nitrogens is 1. The molecule has 5 heterocycles. The van der Waals surface area contributed by atoms with E-state index in [-0.39, 0.29) is 23.4 Å². The van der Waals surface area contributed by atoms with E-state index < -0.39 is 0 Å². The number of carbonyl (C=O) groups excluding carboxylic acids is 2. The Labute approximate surface area is 220 Å². The van der Waals surface area contributed by atoms with Gasteiger partial charge in [0.15, 0.2) is 5.13 Å². The number of aromatic amines is 1. The largest absolute Gasteiger partial charge is 0.377 e. The molecule has 2 fully saturated rings. The first kappa shape index (κ1) is 24.4. The van der Waals surface area contributed by atoms with Crippen LogP contribution in [0.15, 0.2) is 24.4 Å².